The average molecular weight is 462 g/mol. The van der Waals surface area contributed by atoms with Gasteiger partial charge >= 0.3 is 0 Å². The SMILES string of the molecule is CCOCCCNC(=NCC(=O)N(C)C)NCCc1ccccc1.I. The van der Waals surface area contributed by atoms with Crippen molar-refractivity contribution in [3.63, 3.8) is 0 Å². The molecule has 0 aliphatic rings. The zero-order valence-corrected chi connectivity index (χ0v) is 17.8. The Labute approximate surface area is 168 Å². The van der Waals surface area contributed by atoms with Gasteiger partial charge in [-0.3, -0.25) is 4.79 Å². The summed E-state index contributed by atoms with van der Waals surface area (Å²) in [6.07, 6.45) is 1.80. The second-order valence-corrected chi connectivity index (χ2v) is 5.59. The minimum atomic E-state index is -0.0199. The Morgan fingerprint density at radius 1 is 1.16 bits per heavy atom. The zero-order chi connectivity index (χ0) is 17.6. The Balaban J connectivity index is 0.00000576. The van der Waals surface area contributed by atoms with Crippen LogP contribution in [0.25, 0.3) is 0 Å². The van der Waals surface area contributed by atoms with Crippen LogP contribution in [0.1, 0.15) is 18.9 Å². The Morgan fingerprint density at radius 3 is 2.48 bits per heavy atom. The van der Waals surface area contributed by atoms with Gasteiger partial charge in [0, 0.05) is 40.4 Å². The molecule has 6 nitrogen and oxygen atoms in total. The molecule has 0 spiro atoms. The van der Waals surface area contributed by atoms with Crippen LogP contribution in [0.5, 0.6) is 0 Å². The maximum absolute atomic E-state index is 11.7. The fourth-order valence-electron chi connectivity index (χ4n) is 1.96. The fraction of sp³-hybridized carbons (Fsp3) is 0.556. The van der Waals surface area contributed by atoms with Crippen molar-refractivity contribution in [2.45, 2.75) is 19.8 Å². The molecule has 1 aromatic rings. The molecule has 142 valence electrons. The predicted octanol–water partition coefficient (Wildman–Crippen LogP) is 1.90. The molecule has 1 amide bonds. The number of benzene rings is 1. The molecule has 0 fully saturated rings. The first-order valence-electron chi connectivity index (χ1n) is 8.47. The molecular formula is C18H31IN4O2. The Morgan fingerprint density at radius 2 is 1.84 bits per heavy atom. The van der Waals surface area contributed by atoms with Crippen LogP contribution < -0.4 is 10.6 Å². The third-order valence-corrected chi connectivity index (χ3v) is 3.38. The van der Waals surface area contributed by atoms with E-state index in [1.54, 1.807) is 19.0 Å². The van der Waals surface area contributed by atoms with Gasteiger partial charge in [0.25, 0.3) is 0 Å². The topological polar surface area (TPSA) is 66.0 Å². The molecule has 25 heavy (non-hydrogen) atoms. The minimum absolute atomic E-state index is 0. The Kier molecular flexibility index (Phi) is 14.1. The number of rotatable bonds is 10. The van der Waals surface area contributed by atoms with Crippen molar-refractivity contribution in [1.82, 2.24) is 15.5 Å². The summed E-state index contributed by atoms with van der Waals surface area (Å²) in [4.78, 5) is 17.6. The van der Waals surface area contributed by atoms with E-state index < -0.39 is 0 Å². The number of likely N-dealkylation sites (N-methyl/N-ethyl adjacent to an activating group) is 1. The molecule has 0 bridgehead atoms. The van der Waals surface area contributed by atoms with Crippen LogP contribution in [0.4, 0.5) is 0 Å². The molecule has 2 N–H and O–H groups in total. The third kappa shape index (κ3) is 11.8. The van der Waals surface area contributed by atoms with Crippen LogP contribution in [0.15, 0.2) is 35.3 Å². The molecule has 7 heteroatoms. The molecule has 0 unspecified atom stereocenters. The molecule has 1 rings (SSSR count). The number of halogens is 1. The lowest BCUT2D eigenvalue weighted by Crippen LogP contribution is -2.40. The van der Waals surface area contributed by atoms with Crippen LogP contribution in [-0.2, 0) is 16.0 Å². The summed E-state index contributed by atoms with van der Waals surface area (Å²) < 4.78 is 5.32. The summed E-state index contributed by atoms with van der Waals surface area (Å²) in [7, 11) is 3.46. The van der Waals surface area contributed by atoms with Gasteiger partial charge in [-0.1, -0.05) is 30.3 Å². The van der Waals surface area contributed by atoms with Gasteiger partial charge in [0.05, 0.1) is 0 Å². The molecular weight excluding hydrogens is 431 g/mol. The van der Waals surface area contributed by atoms with Gasteiger partial charge in [-0.15, -0.1) is 24.0 Å². The number of carbonyl (C=O) groups excluding carboxylic acids is 1. The normalized spacial score (nSPS) is 10.8. The number of hydrogen-bond acceptors (Lipinski definition) is 3. The maximum atomic E-state index is 11.7. The molecule has 0 aromatic heterocycles. The van der Waals surface area contributed by atoms with E-state index in [0.717, 1.165) is 39.1 Å². The fourth-order valence-corrected chi connectivity index (χ4v) is 1.96. The molecule has 0 saturated carbocycles. The smallest absolute Gasteiger partial charge is 0.243 e. The lowest BCUT2D eigenvalue weighted by molar-refractivity contribution is -0.127. The molecule has 1 aromatic carbocycles. The first-order chi connectivity index (χ1) is 11.6. The summed E-state index contributed by atoms with van der Waals surface area (Å²) in [6.45, 7) is 5.09. The highest BCUT2D eigenvalue weighted by Gasteiger charge is 2.04. The molecule has 0 atom stereocenters. The molecule has 0 radical (unpaired) electrons. The van der Waals surface area contributed by atoms with Gasteiger partial charge in [-0.25, -0.2) is 4.99 Å². The number of amides is 1. The van der Waals surface area contributed by atoms with Gasteiger partial charge < -0.3 is 20.3 Å². The lowest BCUT2D eigenvalue weighted by Gasteiger charge is -2.14. The largest absolute Gasteiger partial charge is 0.382 e. The lowest BCUT2D eigenvalue weighted by atomic mass is 10.1. The summed E-state index contributed by atoms with van der Waals surface area (Å²) in [5.74, 6) is 0.645. The molecule has 0 aliphatic carbocycles. The number of nitrogens with one attached hydrogen (secondary N) is 2. The van der Waals surface area contributed by atoms with Crippen molar-refractivity contribution in [1.29, 1.82) is 0 Å². The van der Waals surface area contributed by atoms with E-state index in [1.807, 2.05) is 25.1 Å². The van der Waals surface area contributed by atoms with E-state index in [1.165, 1.54) is 5.56 Å². The van der Waals surface area contributed by atoms with Gasteiger partial charge in [0.1, 0.15) is 6.54 Å². The van der Waals surface area contributed by atoms with Gasteiger partial charge in [-0.05, 0) is 25.3 Å². The van der Waals surface area contributed by atoms with Crippen LogP contribution in [0.2, 0.25) is 0 Å². The highest BCUT2D eigenvalue weighted by Crippen LogP contribution is 1.98. The monoisotopic (exact) mass is 462 g/mol. The van der Waals surface area contributed by atoms with Crippen LogP contribution in [-0.4, -0.2) is 63.7 Å². The maximum Gasteiger partial charge on any atom is 0.243 e. The van der Waals surface area contributed by atoms with Crippen molar-refractivity contribution < 1.29 is 9.53 Å². The van der Waals surface area contributed by atoms with Crippen molar-refractivity contribution in [3.8, 4) is 0 Å². The molecule has 0 aliphatic heterocycles. The average Bonchev–Trinajstić information content (AvgIpc) is 2.59. The summed E-state index contributed by atoms with van der Waals surface area (Å²) >= 11 is 0. The first kappa shape index (κ1) is 23.6. The van der Waals surface area contributed by atoms with Gasteiger partial charge in [0.2, 0.25) is 5.91 Å². The van der Waals surface area contributed by atoms with E-state index in [4.69, 9.17) is 4.74 Å². The Bertz CT molecular complexity index is 495. The second-order valence-electron chi connectivity index (χ2n) is 5.59. The second kappa shape index (κ2) is 14.9. The highest BCUT2D eigenvalue weighted by atomic mass is 127. The third-order valence-electron chi connectivity index (χ3n) is 3.38. The zero-order valence-electron chi connectivity index (χ0n) is 15.5. The standard InChI is InChI=1S/C18H30N4O2.HI/c1-4-24-14-8-12-19-18(21-15-17(23)22(2)3)20-13-11-16-9-6-5-7-10-16;/h5-7,9-10H,4,8,11-15H2,1-3H3,(H2,19,20,21);1H. The first-order valence-corrected chi connectivity index (χ1v) is 8.47. The van der Waals surface area contributed by atoms with E-state index in [-0.39, 0.29) is 36.4 Å². The van der Waals surface area contributed by atoms with Crippen LogP contribution in [0, 0.1) is 0 Å². The van der Waals surface area contributed by atoms with Crippen molar-refractivity contribution in [2.75, 3.05) is 46.9 Å². The predicted molar refractivity (Wildman–Crippen MR) is 114 cm³/mol. The number of ether oxygens (including phenoxy) is 1. The summed E-state index contributed by atoms with van der Waals surface area (Å²) in [5, 5.41) is 6.53. The number of nitrogens with zero attached hydrogens (tertiary/aromatic N) is 2. The van der Waals surface area contributed by atoms with Gasteiger partial charge in [0.15, 0.2) is 5.96 Å². The number of hydrogen-bond donors (Lipinski definition) is 2. The van der Waals surface area contributed by atoms with Crippen molar-refractivity contribution in [2.24, 2.45) is 4.99 Å². The summed E-state index contributed by atoms with van der Waals surface area (Å²) in [5.41, 5.74) is 1.27. The van der Waals surface area contributed by atoms with E-state index >= 15 is 0 Å². The van der Waals surface area contributed by atoms with E-state index in [9.17, 15) is 4.79 Å². The van der Waals surface area contributed by atoms with Crippen molar-refractivity contribution >= 4 is 35.8 Å². The van der Waals surface area contributed by atoms with Gasteiger partial charge in [-0.2, -0.15) is 0 Å². The number of carbonyl (C=O) groups is 1. The van der Waals surface area contributed by atoms with Crippen molar-refractivity contribution in [3.05, 3.63) is 35.9 Å². The molecule has 0 saturated heterocycles. The molecule has 0 heterocycles. The number of aliphatic imine (C=N–C) groups is 1. The Hall–Kier alpha value is -1.35. The quantitative estimate of drug-likeness (QED) is 0.241. The van der Waals surface area contributed by atoms with Crippen LogP contribution >= 0.6 is 24.0 Å². The number of guanidine groups is 1. The van der Waals surface area contributed by atoms with E-state index in [0.29, 0.717) is 5.96 Å². The van der Waals surface area contributed by atoms with Crippen LogP contribution in [0.3, 0.4) is 0 Å². The van der Waals surface area contributed by atoms with E-state index in [2.05, 4.69) is 27.8 Å². The minimum Gasteiger partial charge on any atom is -0.382 e. The summed E-state index contributed by atoms with van der Waals surface area (Å²) in [6, 6.07) is 10.3. The highest BCUT2D eigenvalue weighted by molar-refractivity contribution is 14.0.